The third kappa shape index (κ3) is 5.47. The molecule has 24 heavy (non-hydrogen) atoms. The van der Waals surface area contributed by atoms with E-state index in [1.165, 1.54) is 0 Å². The van der Waals surface area contributed by atoms with Crippen LogP contribution in [0.3, 0.4) is 0 Å². The van der Waals surface area contributed by atoms with E-state index in [4.69, 9.17) is 21.9 Å². The van der Waals surface area contributed by atoms with Crippen molar-refractivity contribution in [1.82, 2.24) is 15.5 Å². The summed E-state index contributed by atoms with van der Waals surface area (Å²) in [5.74, 6) is 0.791. The number of nitrogens with one attached hydrogen (secondary N) is 1. The first kappa shape index (κ1) is 20.4. The van der Waals surface area contributed by atoms with E-state index in [1.54, 1.807) is 19.1 Å². The molecule has 2 rings (SSSR count). The zero-order chi connectivity index (χ0) is 16.9. The highest BCUT2D eigenvalue weighted by atomic mass is 35.5. The molecular weight excluding hydrogens is 351 g/mol. The van der Waals surface area contributed by atoms with E-state index in [1.807, 2.05) is 19.1 Å². The highest BCUT2D eigenvalue weighted by molar-refractivity contribution is 6.30. The van der Waals surface area contributed by atoms with E-state index in [0.717, 1.165) is 12.0 Å². The molecule has 0 saturated heterocycles. The molecule has 132 valence electrons. The summed E-state index contributed by atoms with van der Waals surface area (Å²) < 4.78 is 5.19. The Morgan fingerprint density at radius 1 is 1.38 bits per heavy atom. The lowest BCUT2D eigenvalue weighted by atomic mass is 9.96. The van der Waals surface area contributed by atoms with Gasteiger partial charge in [-0.3, -0.25) is 4.79 Å². The van der Waals surface area contributed by atoms with Crippen LogP contribution in [-0.4, -0.2) is 28.1 Å². The van der Waals surface area contributed by atoms with Gasteiger partial charge in [0.1, 0.15) is 0 Å². The van der Waals surface area contributed by atoms with E-state index in [9.17, 15) is 4.79 Å². The van der Waals surface area contributed by atoms with Gasteiger partial charge in [0.15, 0.2) is 0 Å². The van der Waals surface area contributed by atoms with Crippen LogP contribution in [0.1, 0.15) is 32.6 Å². The third-order valence-electron chi connectivity index (χ3n) is 3.48. The molecule has 0 bridgehead atoms. The third-order valence-corrected chi connectivity index (χ3v) is 3.73. The number of amides is 1. The lowest BCUT2D eigenvalue weighted by Gasteiger charge is -2.22. The maximum Gasteiger partial charge on any atom is 0.239 e. The van der Waals surface area contributed by atoms with E-state index in [2.05, 4.69) is 15.5 Å². The Labute approximate surface area is 152 Å². The molecular formula is C16H22Cl2N4O2. The summed E-state index contributed by atoms with van der Waals surface area (Å²) in [4.78, 5) is 16.3. The Morgan fingerprint density at radius 3 is 2.67 bits per heavy atom. The monoisotopic (exact) mass is 372 g/mol. The van der Waals surface area contributed by atoms with E-state index < -0.39 is 5.54 Å². The topological polar surface area (TPSA) is 94.0 Å². The fourth-order valence-corrected chi connectivity index (χ4v) is 2.32. The predicted molar refractivity (Wildman–Crippen MR) is 96.2 cm³/mol. The van der Waals surface area contributed by atoms with Crippen molar-refractivity contribution >= 4 is 29.9 Å². The fourth-order valence-electron chi connectivity index (χ4n) is 2.19. The minimum absolute atomic E-state index is 0. The van der Waals surface area contributed by atoms with Crippen LogP contribution in [0.25, 0.3) is 11.4 Å². The first-order valence-electron chi connectivity index (χ1n) is 7.58. The summed E-state index contributed by atoms with van der Waals surface area (Å²) in [5, 5.41) is 7.38. The number of halogens is 2. The maximum atomic E-state index is 12.0. The number of nitrogens with two attached hydrogens (primary N) is 1. The zero-order valence-electron chi connectivity index (χ0n) is 13.7. The van der Waals surface area contributed by atoms with Crippen LogP contribution < -0.4 is 11.1 Å². The van der Waals surface area contributed by atoms with Crippen LogP contribution in [0.5, 0.6) is 0 Å². The van der Waals surface area contributed by atoms with Crippen molar-refractivity contribution in [3.05, 3.63) is 35.2 Å². The minimum Gasteiger partial charge on any atom is -0.354 e. The van der Waals surface area contributed by atoms with Gasteiger partial charge in [0.25, 0.3) is 0 Å². The quantitative estimate of drug-likeness (QED) is 0.778. The van der Waals surface area contributed by atoms with Crippen molar-refractivity contribution < 1.29 is 9.32 Å². The van der Waals surface area contributed by atoms with Gasteiger partial charge in [-0.25, -0.2) is 0 Å². The SMILES string of the molecule is CCCC(C)(N)C(=O)NCCc1nc(-c2ccc(Cl)cc2)no1.Cl. The number of rotatable bonds is 7. The lowest BCUT2D eigenvalue weighted by molar-refractivity contribution is -0.126. The molecule has 0 aliphatic rings. The summed E-state index contributed by atoms with van der Waals surface area (Å²) in [5.41, 5.74) is 5.94. The normalized spacial score (nSPS) is 13.0. The highest BCUT2D eigenvalue weighted by Gasteiger charge is 2.26. The van der Waals surface area contributed by atoms with E-state index in [-0.39, 0.29) is 18.3 Å². The van der Waals surface area contributed by atoms with Crippen molar-refractivity contribution in [2.45, 2.75) is 38.6 Å². The summed E-state index contributed by atoms with van der Waals surface area (Å²) in [6, 6.07) is 7.18. The van der Waals surface area contributed by atoms with Crippen molar-refractivity contribution in [3.8, 4) is 11.4 Å². The first-order valence-corrected chi connectivity index (χ1v) is 7.96. The molecule has 0 fully saturated rings. The number of hydrogen-bond donors (Lipinski definition) is 2. The maximum absolute atomic E-state index is 12.0. The Hall–Kier alpha value is -1.63. The highest BCUT2D eigenvalue weighted by Crippen LogP contribution is 2.18. The van der Waals surface area contributed by atoms with Crippen molar-refractivity contribution in [2.75, 3.05) is 6.54 Å². The van der Waals surface area contributed by atoms with E-state index >= 15 is 0 Å². The number of hydrogen-bond acceptors (Lipinski definition) is 5. The second-order valence-electron chi connectivity index (χ2n) is 5.69. The van der Waals surface area contributed by atoms with Gasteiger partial charge >= 0.3 is 0 Å². The van der Waals surface area contributed by atoms with E-state index in [0.29, 0.717) is 36.1 Å². The zero-order valence-corrected chi connectivity index (χ0v) is 15.3. The van der Waals surface area contributed by atoms with Gasteiger partial charge < -0.3 is 15.6 Å². The molecule has 1 atom stereocenters. The number of benzene rings is 1. The summed E-state index contributed by atoms with van der Waals surface area (Å²) >= 11 is 5.85. The average Bonchev–Trinajstić information content (AvgIpc) is 2.96. The van der Waals surface area contributed by atoms with Gasteiger partial charge in [0.2, 0.25) is 17.6 Å². The van der Waals surface area contributed by atoms with Crippen LogP contribution >= 0.6 is 24.0 Å². The molecule has 0 aliphatic heterocycles. The van der Waals surface area contributed by atoms with Crippen LogP contribution in [-0.2, 0) is 11.2 Å². The van der Waals surface area contributed by atoms with Crippen molar-refractivity contribution in [2.24, 2.45) is 5.73 Å². The van der Waals surface area contributed by atoms with Crippen molar-refractivity contribution in [3.63, 3.8) is 0 Å². The van der Waals surface area contributed by atoms with Gasteiger partial charge in [-0.2, -0.15) is 4.98 Å². The lowest BCUT2D eigenvalue weighted by Crippen LogP contribution is -2.51. The summed E-state index contributed by atoms with van der Waals surface area (Å²) in [6.07, 6.45) is 1.95. The van der Waals surface area contributed by atoms with Crippen LogP contribution in [0.4, 0.5) is 0 Å². The average molecular weight is 373 g/mol. The number of carbonyl (C=O) groups excluding carboxylic acids is 1. The van der Waals surface area contributed by atoms with Gasteiger partial charge in [-0.05, 0) is 37.6 Å². The molecule has 8 heteroatoms. The number of carbonyl (C=O) groups is 1. The Morgan fingerprint density at radius 2 is 2.04 bits per heavy atom. The molecule has 1 aromatic carbocycles. The molecule has 6 nitrogen and oxygen atoms in total. The summed E-state index contributed by atoms with van der Waals surface area (Å²) in [7, 11) is 0. The van der Waals surface area contributed by atoms with Gasteiger partial charge in [0.05, 0.1) is 5.54 Å². The van der Waals surface area contributed by atoms with Crippen LogP contribution in [0.2, 0.25) is 5.02 Å². The molecule has 1 aromatic heterocycles. The predicted octanol–water partition coefficient (Wildman–Crippen LogP) is 2.99. The second-order valence-corrected chi connectivity index (χ2v) is 6.13. The molecule has 0 radical (unpaired) electrons. The van der Waals surface area contributed by atoms with Gasteiger partial charge in [0, 0.05) is 23.6 Å². The number of nitrogens with zero attached hydrogens (tertiary/aromatic N) is 2. The molecule has 2 aromatic rings. The molecule has 1 unspecified atom stereocenters. The standard InChI is InChI=1S/C16H21ClN4O2.ClH/c1-3-9-16(2,18)15(22)19-10-8-13-20-14(21-23-13)11-4-6-12(17)7-5-11;/h4-7H,3,8-10,18H2,1-2H3,(H,19,22);1H. The Bertz CT molecular complexity index is 656. The summed E-state index contributed by atoms with van der Waals surface area (Å²) in [6.45, 7) is 4.13. The molecule has 0 spiro atoms. The molecule has 1 amide bonds. The molecule has 0 aliphatic carbocycles. The Balaban J connectivity index is 0.00000288. The Kier molecular flexibility index (Phi) is 7.66. The molecule has 3 N–H and O–H groups in total. The number of aromatic nitrogens is 2. The van der Waals surface area contributed by atoms with Crippen molar-refractivity contribution in [1.29, 1.82) is 0 Å². The van der Waals surface area contributed by atoms with Crippen LogP contribution in [0.15, 0.2) is 28.8 Å². The van der Waals surface area contributed by atoms with Gasteiger partial charge in [-0.1, -0.05) is 30.1 Å². The molecule has 1 heterocycles. The fraction of sp³-hybridized carbons (Fsp3) is 0.438. The van der Waals surface area contributed by atoms with Gasteiger partial charge in [-0.15, -0.1) is 12.4 Å². The second kappa shape index (κ2) is 9.01. The van der Waals surface area contributed by atoms with Crippen LogP contribution in [0, 0.1) is 0 Å². The smallest absolute Gasteiger partial charge is 0.239 e. The first-order chi connectivity index (χ1) is 10.9. The molecule has 0 saturated carbocycles. The minimum atomic E-state index is -0.849. The largest absolute Gasteiger partial charge is 0.354 e.